The maximum atomic E-state index is 12.6. The van der Waals surface area contributed by atoms with Crippen LogP contribution in [0.2, 0.25) is 0 Å². The smallest absolute Gasteiger partial charge is 0.326 e. The molecule has 156 valence electrons. The molecule has 1 aromatic rings. The standard InChI is InChI=1S/C20H22Br2N2O5/c1-10-4-3-5-11(2)18(10)23-16(25)9-29-17(26)8-24-19(27)12-6-14(21)15(22)7-13(12)20(24)28/h3-5,12-15H,6-9H2,1-2H3,(H,23,25)/t12-,13-,14+,15+/m1/s1. The molecule has 0 aromatic heterocycles. The molecular formula is C20H22Br2N2O5. The summed E-state index contributed by atoms with van der Waals surface area (Å²) in [6.07, 6.45) is 1.07. The van der Waals surface area contributed by atoms with Gasteiger partial charge in [-0.15, -0.1) is 0 Å². The van der Waals surface area contributed by atoms with E-state index in [1.807, 2.05) is 32.0 Å². The Morgan fingerprint density at radius 2 is 1.59 bits per heavy atom. The van der Waals surface area contributed by atoms with Crippen molar-refractivity contribution in [3.63, 3.8) is 0 Å². The number of amides is 3. The van der Waals surface area contributed by atoms with Crippen LogP contribution in [0.25, 0.3) is 0 Å². The molecule has 1 saturated heterocycles. The van der Waals surface area contributed by atoms with Gasteiger partial charge in [0.2, 0.25) is 11.8 Å². The number of imide groups is 1. The molecule has 0 spiro atoms. The second-order valence-electron chi connectivity index (χ2n) is 7.45. The monoisotopic (exact) mass is 528 g/mol. The predicted octanol–water partition coefficient (Wildman–Crippen LogP) is 2.71. The third-order valence-electron chi connectivity index (χ3n) is 5.40. The molecule has 0 radical (unpaired) electrons. The van der Waals surface area contributed by atoms with E-state index in [9.17, 15) is 19.2 Å². The molecule has 1 heterocycles. The van der Waals surface area contributed by atoms with Gasteiger partial charge in [0.1, 0.15) is 6.54 Å². The van der Waals surface area contributed by atoms with Crippen LogP contribution in [0.15, 0.2) is 18.2 Å². The minimum atomic E-state index is -0.784. The average Bonchev–Trinajstić information content (AvgIpc) is 2.88. The van der Waals surface area contributed by atoms with Gasteiger partial charge in [0.05, 0.1) is 11.8 Å². The second kappa shape index (κ2) is 8.95. The van der Waals surface area contributed by atoms with Gasteiger partial charge in [-0.1, -0.05) is 50.1 Å². The fraction of sp³-hybridized carbons (Fsp3) is 0.500. The van der Waals surface area contributed by atoms with Crippen molar-refractivity contribution in [2.24, 2.45) is 11.8 Å². The number of likely N-dealkylation sites (tertiary alicyclic amines) is 1. The number of fused-ring (bicyclic) bond motifs is 1. The number of benzene rings is 1. The lowest BCUT2D eigenvalue weighted by molar-refractivity contribution is -0.154. The SMILES string of the molecule is Cc1cccc(C)c1NC(=O)COC(=O)CN1C(=O)[C@@H]2C[C@H](Br)[C@@H](Br)C[C@H]2C1=O. The van der Waals surface area contributed by atoms with E-state index in [2.05, 4.69) is 37.2 Å². The fourth-order valence-electron chi connectivity index (χ4n) is 3.83. The highest BCUT2D eigenvalue weighted by molar-refractivity contribution is 9.12. The maximum Gasteiger partial charge on any atom is 0.326 e. The summed E-state index contributed by atoms with van der Waals surface area (Å²) in [5.74, 6) is -2.79. The van der Waals surface area contributed by atoms with Crippen LogP contribution in [0, 0.1) is 25.7 Å². The molecule has 2 fully saturated rings. The first kappa shape index (κ1) is 22.0. The largest absolute Gasteiger partial charge is 0.454 e. The van der Waals surface area contributed by atoms with Crippen LogP contribution < -0.4 is 5.32 Å². The topological polar surface area (TPSA) is 92.8 Å². The molecule has 4 atom stereocenters. The maximum absolute atomic E-state index is 12.6. The summed E-state index contributed by atoms with van der Waals surface area (Å²) in [6.45, 7) is 2.78. The average molecular weight is 530 g/mol. The van der Waals surface area contributed by atoms with E-state index >= 15 is 0 Å². The van der Waals surface area contributed by atoms with Crippen LogP contribution in [0.1, 0.15) is 24.0 Å². The zero-order chi connectivity index (χ0) is 21.3. The third-order valence-corrected chi connectivity index (χ3v) is 8.13. The number of carbonyl (C=O) groups is 4. The van der Waals surface area contributed by atoms with Crippen molar-refractivity contribution in [3.8, 4) is 0 Å². The molecule has 0 bridgehead atoms. The highest BCUT2D eigenvalue weighted by Gasteiger charge is 2.52. The van der Waals surface area contributed by atoms with Gasteiger partial charge in [-0.05, 0) is 37.8 Å². The van der Waals surface area contributed by atoms with Crippen molar-refractivity contribution >= 4 is 61.2 Å². The van der Waals surface area contributed by atoms with Crippen molar-refractivity contribution in [1.29, 1.82) is 0 Å². The van der Waals surface area contributed by atoms with Crippen molar-refractivity contribution in [2.45, 2.75) is 36.3 Å². The van der Waals surface area contributed by atoms with Gasteiger partial charge >= 0.3 is 5.97 Å². The Hall–Kier alpha value is -1.74. The molecule has 1 aliphatic heterocycles. The molecular weight excluding hydrogens is 508 g/mol. The number of anilines is 1. The zero-order valence-corrected chi connectivity index (χ0v) is 19.3. The number of esters is 1. The summed E-state index contributed by atoms with van der Waals surface area (Å²) in [6, 6.07) is 5.62. The Morgan fingerprint density at radius 3 is 2.10 bits per heavy atom. The lowest BCUT2D eigenvalue weighted by Crippen LogP contribution is -2.37. The molecule has 3 rings (SSSR count). The number of aryl methyl sites for hydroxylation is 2. The number of alkyl halides is 2. The number of para-hydroxylation sites is 1. The van der Waals surface area contributed by atoms with E-state index in [1.54, 1.807) is 0 Å². The van der Waals surface area contributed by atoms with Gasteiger partial charge in [0.15, 0.2) is 6.61 Å². The van der Waals surface area contributed by atoms with Crippen molar-refractivity contribution < 1.29 is 23.9 Å². The Labute approximate surface area is 185 Å². The Morgan fingerprint density at radius 1 is 1.07 bits per heavy atom. The summed E-state index contributed by atoms with van der Waals surface area (Å²) in [7, 11) is 0. The third kappa shape index (κ3) is 4.71. The van der Waals surface area contributed by atoms with E-state index in [-0.39, 0.29) is 21.5 Å². The second-order valence-corrected chi connectivity index (χ2v) is 9.81. The lowest BCUT2D eigenvalue weighted by Gasteiger charge is -2.29. The van der Waals surface area contributed by atoms with Crippen molar-refractivity contribution in [1.82, 2.24) is 4.90 Å². The molecule has 7 nitrogen and oxygen atoms in total. The first-order chi connectivity index (χ1) is 13.7. The first-order valence-electron chi connectivity index (χ1n) is 9.34. The number of nitrogens with zero attached hydrogens (tertiary/aromatic N) is 1. The number of hydrogen-bond donors (Lipinski definition) is 1. The van der Waals surface area contributed by atoms with Crippen LogP contribution in [-0.4, -0.2) is 51.4 Å². The summed E-state index contributed by atoms with van der Waals surface area (Å²) in [4.78, 5) is 50.6. The van der Waals surface area contributed by atoms with Crippen molar-refractivity contribution in [2.75, 3.05) is 18.5 Å². The Balaban J connectivity index is 1.54. The van der Waals surface area contributed by atoms with E-state index < -0.39 is 36.9 Å². The predicted molar refractivity (Wildman–Crippen MR) is 114 cm³/mol. The number of carbonyl (C=O) groups excluding carboxylic acids is 4. The number of halogens is 2. The Bertz CT molecular complexity index is 811. The van der Waals surface area contributed by atoms with Crippen LogP contribution >= 0.6 is 31.9 Å². The van der Waals surface area contributed by atoms with Gasteiger partial charge in [0, 0.05) is 15.3 Å². The van der Waals surface area contributed by atoms with E-state index in [1.165, 1.54) is 0 Å². The molecule has 29 heavy (non-hydrogen) atoms. The minimum Gasteiger partial charge on any atom is -0.454 e. The molecule has 0 unspecified atom stereocenters. The van der Waals surface area contributed by atoms with Crippen molar-refractivity contribution in [3.05, 3.63) is 29.3 Å². The van der Waals surface area contributed by atoms with E-state index in [0.29, 0.717) is 18.5 Å². The summed E-state index contributed by atoms with van der Waals surface area (Å²) in [5.41, 5.74) is 2.47. The van der Waals surface area contributed by atoms with Crippen LogP contribution in [-0.2, 0) is 23.9 Å². The van der Waals surface area contributed by atoms with Gasteiger partial charge in [-0.2, -0.15) is 0 Å². The molecule has 2 aliphatic rings. The normalized spacial score (nSPS) is 26.3. The van der Waals surface area contributed by atoms with Crippen LogP contribution in [0.3, 0.4) is 0 Å². The number of hydrogen-bond acceptors (Lipinski definition) is 5. The summed E-state index contributed by atoms with van der Waals surface area (Å²) >= 11 is 7.04. The minimum absolute atomic E-state index is 0.0981. The van der Waals surface area contributed by atoms with Crippen LogP contribution in [0.4, 0.5) is 5.69 Å². The van der Waals surface area contributed by atoms with Gasteiger partial charge in [-0.25, -0.2) is 0 Å². The number of nitrogens with one attached hydrogen (secondary N) is 1. The summed E-state index contributed by atoms with van der Waals surface area (Å²) < 4.78 is 4.99. The highest BCUT2D eigenvalue weighted by Crippen LogP contribution is 2.43. The lowest BCUT2D eigenvalue weighted by atomic mass is 9.81. The quantitative estimate of drug-likeness (QED) is 0.359. The molecule has 1 aromatic carbocycles. The van der Waals surface area contributed by atoms with E-state index in [0.717, 1.165) is 16.0 Å². The molecule has 1 N–H and O–H groups in total. The van der Waals surface area contributed by atoms with Gasteiger partial charge < -0.3 is 10.1 Å². The first-order valence-corrected chi connectivity index (χ1v) is 11.2. The highest BCUT2D eigenvalue weighted by atomic mass is 79.9. The van der Waals surface area contributed by atoms with Gasteiger partial charge in [-0.3, -0.25) is 24.1 Å². The summed E-state index contributed by atoms with van der Waals surface area (Å²) in [5, 5.41) is 2.72. The van der Waals surface area contributed by atoms with Crippen LogP contribution in [0.5, 0.6) is 0 Å². The zero-order valence-electron chi connectivity index (χ0n) is 16.1. The number of ether oxygens (including phenoxy) is 1. The molecule has 1 aliphatic carbocycles. The fourth-order valence-corrected chi connectivity index (χ4v) is 5.06. The molecule has 9 heteroatoms. The van der Waals surface area contributed by atoms with Gasteiger partial charge in [0.25, 0.3) is 5.91 Å². The Kier molecular flexibility index (Phi) is 6.78. The molecule has 1 saturated carbocycles. The van der Waals surface area contributed by atoms with E-state index in [4.69, 9.17) is 4.74 Å². The molecule has 3 amide bonds. The number of rotatable bonds is 5.